The highest BCUT2D eigenvalue weighted by Crippen LogP contribution is 2.26. The lowest BCUT2D eigenvalue weighted by atomic mass is 9.99. The Morgan fingerprint density at radius 3 is 2.37 bits per heavy atom. The van der Waals surface area contributed by atoms with Crippen LogP contribution in [0.2, 0.25) is 0 Å². The average Bonchev–Trinajstić information content (AvgIpc) is 3.01. The maximum atomic E-state index is 4.53. The topological polar surface area (TPSA) is 24.4 Å². The third-order valence-corrected chi connectivity index (χ3v) is 4.00. The molecule has 19 heavy (non-hydrogen) atoms. The Kier molecular flexibility index (Phi) is 3.56. The van der Waals surface area contributed by atoms with Gasteiger partial charge in [0.2, 0.25) is 0 Å². The summed E-state index contributed by atoms with van der Waals surface area (Å²) >= 11 is 1.77. The maximum absolute atomic E-state index is 4.53. The van der Waals surface area contributed by atoms with Gasteiger partial charge in [0.1, 0.15) is 5.84 Å². The highest BCUT2D eigenvalue weighted by molar-refractivity contribution is 7.98. The zero-order valence-corrected chi connectivity index (χ0v) is 11.7. The lowest BCUT2D eigenvalue weighted by Gasteiger charge is -2.10. The van der Waals surface area contributed by atoms with E-state index in [9.17, 15) is 0 Å². The molecule has 0 spiro atoms. The first-order valence-electron chi connectivity index (χ1n) is 6.40. The number of aliphatic imine (C=N–C) groups is 1. The molecule has 0 aromatic heterocycles. The van der Waals surface area contributed by atoms with E-state index in [0.717, 1.165) is 18.9 Å². The van der Waals surface area contributed by atoms with Crippen molar-refractivity contribution in [1.82, 2.24) is 5.32 Å². The Morgan fingerprint density at radius 1 is 1.00 bits per heavy atom. The van der Waals surface area contributed by atoms with Crippen LogP contribution in [0.15, 0.2) is 58.4 Å². The van der Waals surface area contributed by atoms with Crippen LogP contribution >= 0.6 is 11.8 Å². The fraction of sp³-hybridized carbons (Fsp3) is 0.188. The van der Waals surface area contributed by atoms with Gasteiger partial charge >= 0.3 is 0 Å². The lowest BCUT2D eigenvalue weighted by Crippen LogP contribution is -2.20. The molecule has 0 bridgehead atoms. The molecule has 0 aliphatic carbocycles. The minimum absolute atomic E-state index is 0.870. The van der Waals surface area contributed by atoms with E-state index in [2.05, 4.69) is 65.1 Å². The van der Waals surface area contributed by atoms with Crippen molar-refractivity contribution in [3.05, 3.63) is 54.1 Å². The number of rotatable bonds is 3. The minimum atomic E-state index is 0.870. The summed E-state index contributed by atoms with van der Waals surface area (Å²) in [5.74, 6) is 1.02. The molecule has 0 saturated carbocycles. The van der Waals surface area contributed by atoms with E-state index in [0.29, 0.717) is 0 Å². The highest BCUT2D eigenvalue weighted by atomic mass is 32.2. The molecule has 0 saturated heterocycles. The van der Waals surface area contributed by atoms with Gasteiger partial charge in [0, 0.05) is 17.0 Å². The molecule has 0 unspecified atom stereocenters. The summed E-state index contributed by atoms with van der Waals surface area (Å²) in [6, 6.07) is 17.1. The van der Waals surface area contributed by atoms with Crippen LogP contribution in [-0.2, 0) is 0 Å². The quantitative estimate of drug-likeness (QED) is 0.863. The molecule has 0 fully saturated rings. The van der Waals surface area contributed by atoms with Crippen LogP contribution in [0.25, 0.3) is 11.1 Å². The lowest BCUT2D eigenvalue weighted by molar-refractivity contribution is 0.960. The summed E-state index contributed by atoms with van der Waals surface area (Å²) in [6.45, 7) is 1.81. The van der Waals surface area contributed by atoms with E-state index in [1.165, 1.54) is 21.6 Å². The summed E-state index contributed by atoms with van der Waals surface area (Å²) in [4.78, 5) is 5.82. The van der Waals surface area contributed by atoms with Crippen molar-refractivity contribution in [2.75, 3.05) is 19.3 Å². The molecule has 2 nitrogen and oxygen atoms in total. The normalized spacial score (nSPS) is 14.1. The summed E-state index contributed by atoms with van der Waals surface area (Å²) in [6.07, 6.45) is 2.10. The second-order valence-corrected chi connectivity index (χ2v) is 5.31. The van der Waals surface area contributed by atoms with Crippen LogP contribution < -0.4 is 5.32 Å². The summed E-state index contributed by atoms with van der Waals surface area (Å²) in [5, 5.41) is 3.35. The van der Waals surface area contributed by atoms with Gasteiger partial charge in [-0.2, -0.15) is 0 Å². The van der Waals surface area contributed by atoms with E-state index in [1.54, 1.807) is 11.8 Å². The molecule has 1 aliphatic rings. The molecule has 1 aliphatic heterocycles. The van der Waals surface area contributed by atoms with Crippen molar-refractivity contribution in [1.29, 1.82) is 0 Å². The van der Waals surface area contributed by atoms with Gasteiger partial charge in [-0.1, -0.05) is 36.4 Å². The Balaban J connectivity index is 2.03. The molecular formula is C16H16N2S. The number of benzene rings is 2. The average molecular weight is 268 g/mol. The van der Waals surface area contributed by atoms with Gasteiger partial charge in [-0.3, -0.25) is 4.99 Å². The van der Waals surface area contributed by atoms with Crippen LogP contribution in [0.1, 0.15) is 5.56 Å². The molecule has 1 N–H and O–H groups in total. The third kappa shape index (κ3) is 2.51. The van der Waals surface area contributed by atoms with E-state index in [1.807, 2.05) is 0 Å². The summed E-state index contributed by atoms with van der Waals surface area (Å²) in [7, 11) is 0. The van der Waals surface area contributed by atoms with Crippen molar-refractivity contribution in [3.63, 3.8) is 0 Å². The standard InChI is InChI=1S/C16H16N2S/c1-19-13-8-6-12(7-9-13)14-4-2-3-5-15(14)16-17-10-11-18-16/h2-9H,10-11H2,1H3,(H,17,18). The summed E-state index contributed by atoms with van der Waals surface area (Å²) in [5.41, 5.74) is 3.67. The van der Waals surface area contributed by atoms with Crippen LogP contribution in [-0.4, -0.2) is 25.2 Å². The van der Waals surface area contributed by atoms with E-state index >= 15 is 0 Å². The number of nitrogens with zero attached hydrogens (tertiary/aromatic N) is 1. The second-order valence-electron chi connectivity index (χ2n) is 4.43. The van der Waals surface area contributed by atoms with Crippen LogP contribution in [0.5, 0.6) is 0 Å². The zero-order valence-electron chi connectivity index (χ0n) is 10.9. The van der Waals surface area contributed by atoms with Gasteiger partial charge in [-0.15, -0.1) is 11.8 Å². The van der Waals surface area contributed by atoms with Gasteiger partial charge in [0.05, 0.1) is 6.54 Å². The van der Waals surface area contributed by atoms with Crippen molar-refractivity contribution in [2.24, 2.45) is 4.99 Å². The fourth-order valence-electron chi connectivity index (χ4n) is 2.29. The van der Waals surface area contributed by atoms with Gasteiger partial charge in [-0.05, 0) is 29.5 Å². The fourth-order valence-corrected chi connectivity index (χ4v) is 2.70. The smallest absolute Gasteiger partial charge is 0.129 e. The van der Waals surface area contributed by atoms with Gasteiger partial charge in [-0.25, -0.2) is 0 Å². The van der Waals surface area contributed by atoms with Crippen molar-refractivity contribution < 1.29 is 0 Å². The zero-order chi connectivity index (χ0) is 13.1. The number of hydrogen-bond donors (Lipinski definition) is 1. The van der Waals surface area contributed by atoms with E-state index in [4.69, 9.17) is 0 Å². The van der Waals surface area contributed by atoms with Gasteiger partial charge < -0.3 is 5.32 Å². The number of amidine groups is 1. The van der Waals surface area contributed by atoms with Crippen LogP contribution in [0.4, 0.5) is 0 Å². The van der Waals surface area contributed by atoms with Crippen LogP contribution in [0.3, 0.4) is 0 Å². The third-order valence-electron chi connectivity index (χ3n) is 3.26. The SMILES string of the molecule is CSc1ccc(-c2ccccc2C2=NCCN2)cc1. The van der Waals surface area contributed by atoms with Crippen molar-refractivity contribution in [2.45, 2.75) is 4.90 Å². The Morgan fingerprint density at radius 2 is 1.74 bits per heavy atom. The molecule has 3 heteroatoms. The van der Waals surface area contributed by atoms with E-state index < -0.39 is 0 Å². The molecule has 0 amide bonds. The van der Waals surface area contributed by atoms with Gasteiger partial charge in [0.25, 0.3) is 0 Å². The molecule has 2 aromatic rings. The molecule has 1 heterocycles. The number of thioether (sulfide) groups is 1. The Labute approximate surface area is 118 Å². The molecular weight excluding hydrogens is 252 g/mol. The first-order valence-corrected chi connectivity index (χ1v) is 7.63. The molecule has 0 atom stereocenters. The minimum Gasteiger partial charge on any atom is -0.368 e. The molecule has 3 rings (SSSR count). The largest absolute Gasteiger partial charge is 0.368 e. The Hall–Kier alpha value is -1.74. The molecule has 2 aromatic carbocycles. The van der Waals surface area contributed by atoms with E-state index in [-0.39, 0.29) is 0 Å². The first-order chi connectivity index (χ1) is 9.38. The number of hydrogen-bond acceptors (Lipinski definition) is 3. The predicted octanol–water partition coefficient (Wildman–Crippen LogP) is 3.43. The van der Waals surface area contributed by atoms with Gasteiger partial charge in [0.15, 0.2) is 0 Å². The first kappa shape index (κ1) is 12.3. The highest BCUT2D eigenvalue weighted by Gasteiger charge is 2.12. The monoisotopic (exact) mass is 268 g/mol. The number of nitrogens with one attached hydrogen (secondary N) is 1. The summed E-state index contributed by atoms with van der Waals surface area (Å²) < 4.78 is 0. The van der Waals surface area contributed by atoms with Crippen molar-refractivity contribution in [3.8, 4) is 11.1 Å². The maximum Gasteiger partial charge on any atom is 0.129 e. The van der Waals surface area contributed by atoms with Crippen molar-refractivity contribution >= 4 is 17.6 Å². The molecule has 0 radical (unpaired) electrons. The Bertz CT molecular complexity index is 602. The second kappa shape index (κ2) is 5.49. The molecule has 96 valence electrons. The predicted molar refractivity (Wildman–Crippen MR) is 83.1 cm³/mol. The van der Waals surface area contributed by atoms with Crippen LogP contribution in [0, 0.1) is 0 Å².